The fourth-order valence-electron chi connectivity index (χ4n) is 1.59. The normalized spacial score (nSPS) is 13.3. The zero-order chi connectivity index (χ0) is 11.7. The highest BCUT2D eigenvalue weighted by Crippen LogP contribution is 2.16. The van der Waals surface area contributed by atoms with Crippen molar-refractivity contribution in [3.05, 3.63) is 30.6 Å². The first-order chi connectivity index (χ1) is 7.59. The first-order valence-electron chi connectivity index (χ1n) is 5.42. The van der Waals surface area contributed by atoms with Gasteiger partial charge in [0, 0.05) is 18.3 Å². The number of rotatable bonds is 3. The van der Waals surface area contributed by atoms with Gasteiger partial charge in [-0.15, -0.1) is 0 Å². The highest BCUT2D eigenvalue weighted by Gasteiger charge is 2.10. The molecule has 0 aliphatic carbocycles. The molecular weight excluding hydrogens is 202 g/mol. The second kappa shape index (κ2) is 4.09. The molecule has 0 fully saturated rings. The largest absolute Gasteiger partial charge is 0.323 e. The van der Waals surface area contributed by atoms with E-state index in [0.29, 0.717) is 6.04 Å². The Morgan fingerprint density at radius 2 is 2.00 bits per heavy atom. The maximum absolute atomic E-state index is 5.87. The Kier molecular flexibility index (Phi) is 2.78. The summed E-state index contributed by atoms with van der Waals surface area (Å²) in [5.74, 6) is 0. The van der Waals surface area contributed by atoms with Crippen LogP contribution in [0.25, 0.3) is 5.69 Å². The van der Waals surface area contributed by atoms with E-state index in [0.717, 1.165) is 11.4 Å². The fourth-order valence-corrected chi connectivity index (χ4v) is 1.59. The summed E-state index contributed by atoms with van der Waals surface area (Å²) in [6.07, 6.45) is 7.38. The van der Waals surface area contributed by atoms with Gasteiger partial charge in [0.25, 0.3) is 0 Å². The molecule has 2 heterocycles. The Morgan fingerprint density at radius 3 is 2.56 bits per heavy atom. The summed E-state index contributed by atoms with van der Waals surface area (Å²) in [5, 5.41) is 4.30. The fraction of sp³-hybridized carbons (Fsp3) is 0.455. The maximum atomic E-state index is 5.87. The van der Waals surface area contributed by atoms with Gasteiger partial charge in [-0.25, -0.2) is 4.98 Å². The smallest absolute Gasteiger partial charge is 0.0995 e. The Balaban J connectivity index is 2.39. The van der Waals surface area contributed by atoms with Crippen LogP contribution in [0.4, 0.5) is 0 Å². The summed E-state index contributed by atoms with van der Waals surface area (Å²) >= 11 is 0. The average Bonchev–Trinajstić information content (AvgIpc) is 2.86. The van der Waals surface area contributed by atoms with Crippen LogP contribution in [0.3, 0.4) is 0 Å². The van der Waals surface area contributed by atoms with Crippen LogP contribution in [-0.4, -0.2) is 19.3 Å². The van der Waals surface area contributed by atoms with E-state index in [1.54, 1.807) is 12.5 Å². The molecule has 2 aromatic heterocycles. The van der Waals surface area contributed by atoms with Crippen molar-refractivity contribution in [3.63, 3.8) is 0 Å². The third kappa shape index (κ3) is 1.86. The molecule has 5 nitrogen and oxygen atoms in total. The molecule has 2 rings (SSSR count). The van der Waals surface area contributed by atoms with Crippen LogP contribution >= 0.6 is 0 Å². The van der Waals surface area contributed by atoms with Crippen LogP contribution in [0.1, 0.15) is 38.5 Å². The predicted octanol–water partition coefficient (Wildman–Crippen LogP) is 1.67. The summed E-state index contributed by atoms with van der Waals surface area (Å²) in [7, 11) is 0. The minimum Gasteiger partial charge on any atom is -0.323 e. The predicted molar refractivity (Wildman–Crippen MR) is 62.3 cm³/mol. The Morgan fingerprint density at radius 1 is 1.25 bits per heavy atom. The first kappa shape index (κ1) is 10.9. The molecule has 0 aromatic carbocycles. The van der Waals surface area contributed by atoms with Crippen LogP contribution in [0, 0.1) is 0 Å². The summed E-state index contributed by atoms with van der Waals surface area (Å²) < 4.78 is 3.89. The van der Waals surface area contributed by atoms with Crippen molar-refractivity contribution in [3.8, 4) is 5.69 Å². The van der Waals surface area contributed by atoms with E-state index in [4.69, 9.17) is 5.73 Å². The molecule has 5 heteroatoms. The molecule has 0 unspecified atom stereocenters. The second-order valence-corrected chi connectivity index (χ2v) is 4.25. The van der Waals surface area contributed by atoms with Gasteiger partial charge in [0.1, 0.15) is 0 Å². The van der Waals surface area contributed by atoms with Crippen molar-refractivity contribution < 1.29 is 0 Å². The molecule has 0 radical (unpaired) electrons. The van der Waals surface area contributed by atoms with E-state index < -0.39 is 0 Å². The van der Waals surface area contributed by atoms with Gasteiger partial charge in [-0.05, 0) is 20.8 Å². The monoisotopic (exact) mass is 219 g/mol. The van der Waals surface area contributed by atoms with Gasteiger partial charge in [0.05, 0.1) is 30.1 Å². The van der Waals surface area contributed by atoms with Crippen LogP contribution < -0.4 is 5.73 Å². The van der Waals surface area contributed by atoms with Gasteiger partial charge in [-0.2, -0.15) is 5.10 Å². The number of nitrogens with zero attached hydrogens (tertiary/aromatic N) is 4. The van der Waals surface area contributed by atoms with Gasteiger partial charge in [-0.3, -0.25) is 9.25 Å². The zero-order valence-electron chi connectivity index (χ0n) is 9.83. The zero-order valence-corrected chi connectivity index (χ0v) is 9.83. The molecule has 0 amide bonds. The first-order valence-corrected chi connectivity index (χ1v) is 5.42. The van der Waals surface area contributed by atoms with Crippen LogP contribution in [0.15, 0.2) is 24.9 Å². The topological polar surface area (TPSA) is 61.7 Å². The molecular formula is C11H17N5. The molecule has 0 aliphatic rings. The number of aromatic nitrogens is 4. The van der Waals surface area contributed by atoms with E-state index in [2.05, 4.69) is 23.9 Å². The molecule has 0 saturated heterocycles. The van der Waals surface area contributed by atoms with E-state index in [1.165, 1.54) is 0 Å². The van der Waals surface area contributed by atoms with Crippen LogP contribution in [0.2, 0.25) is 0 Å². The molecule has 0 spiro atoms. The van der Waals surface area contributed by atoms with E-state index in [9.17, 15) is 0 Å². The molecule has 0 bridgehead atoms. The maximum Gasteiger partial charge on any atom is 0.0995 e. The quantitative estimate of drug-likeness (QED) is 0.854. The van der Waals surface area contributed by atoms with E-state index in [-0.39, 0.29) is 6.04 Å². The van der Waals surface area contributed by atoms with Crippen LogP contribution in [-0.2, 0) is 0 Å². The van der Waals surface area contributed by atoms with E-state index >= 15 is 0 Å². The molecule has 1 atom stereocenters. The summed E-state index contributed by atoms with van der Waals surface area (Å²) in [6.45, 7) is 6.13. The third-order valence-corrected chi connectivity index (χ3v) is 2.53. The van der Waals surface area contributed by atoms with Gasteiger partial charge in [0.2, 0.25) is 0 Å². The summed E-state index contributed by atoms with van der Waals surface area (Å²) in [6, 6.07) is 0.320. The minimum atomic E-state index is -0.0371. The Bertz CT molecular complexity index is 466. The standard InChI is InChI=1S/C11H17N5/c1-8(2)16-6-10(4-14-16)15-7-13-5-11(15)9(3)12/h4-9H,12H2,1-3H3/t9-/m1/s1. The average molecular weight is 219 g/mol. The molecule has 16 heavy (non-hydrogen) atoms. The van der Waals surface area contributed by atoms with Crippen molar-refractivity contribution in [2.24, 2.45) is 5.73 Å². The lowest BCUT2D eigenvalue weighted by atomic mass is 10.2. The summed E-state index contributed by atoms with van der Waals surface area (Å²) in [5.41, 5.74) is 7.86. The van der Waals surface area contributed by atoms with Crippen molar-refractivity contribution in [1.82, 2.24) is 19.3 Å². The van der Waals surface area contributed by atoms with Crippen molar-refractivity contribution in [1.29, 1.82) is 0 Å². The minimum absolute atomic E-state index is 0.0371. The third-order valence-electron chi connectivity index (χ3n) is 2.53. The lowest BCUT2D eigenvalue weighted by molar-refractivity contribution is 0.532. The summed E-state index contributed by atoms with van der Waals surface area (Å²) in [4.78, 5) is 4.12. The highest BCUT2D eigenvalue weighted by atomic mass is 15.3. The molecule has 0 aliphatic heterocycles. The Hall–Kier alpha value is -1.62. The van der Waals surface area contributed by atoms with Crippen molar-refractivity contribution in [2.75, 3.05) is 0 Å². The highest BCUT2D eigenvalue weighted by molar-refractivity contribution is 5.29. The van der Waals surface area contributed by atoms with Gasteiger partial charge >= 0.3 is 0 Å². The number of nitrogens with two attached hydrogens (primary N) is 1. The number of hydrogen-bond donors (Lipinski definition) is 1. The SMILES string of the molecule is CC(C)n1cc(-n2cncc2[C@@H](C)N)cn1. The molecule has 86 valence electrons. The van der Waals surface area contributed by atoms with Gasteiger partial charge < -0.3 is 5.73 Å². The van der Waals surface area contributed by atoms with Crippen molar-refractivity contribution in [2.45, 2.75) is 32.9 Å². The van der Waals surface area contributed by atoms with Crippen LogP contribution in [0.5, 0.6) is 0 Å². The lowest BCUT2D eigenvalue weighted by Crippen LogP contribution is -2.10. The Labute approximate surface area is 94.9 Å². The molecule has 0 saturated carbocycles. The lowest BCUT2D eigenvalue weighted by Gasteiger charge is -2.08. The number of imidazole rings is 1. The molecule has 2 aromatic rings. The second-order valence-electron chi connectivity index (χ2n) is 4.25. The van der Waals surface area contributed by atoms with Gasteiger partial charge in [0.15, 0.2) is 0 Å². The van der Waals surface area contributed by atoms with Crippen molar-refractivity contribution >= 4 is 0 Å². The van der Waals surface area contributed by atoms with Gasteiger partial charge in [-0.1, -0.05) is 0 Å². The molecule has 2 N–H and O–H groups in total. The van der Waals surface area contributed by atoms with E-state index in [1.807, 2.05) is 28.6 Å². The number of hydrogen-bond acceptors (Lipinski definition) is 3.